The van der Waals surface area contributed by atoms with Crippen molar-refractivity contribution in [1.29, 1.82) is 0 Å². The van der Waals surface area contributed by atoms with Gasteiger partial charge in [-0.1, -0.05) is 29.5 Å². The summed E-state index contributed by atoms with van der Waals surface area (Å²) in [6.45, 7) is 3.91. The number of carbonyl (C=O) groups excluding carboxylic acids is 2. The molecule has 1 aliphatic rings. The number of benzene rings is 1. The highest BCUT2D eigenvalue weighted by Gasteiger charge is 2.35. The first-order chi connectivity index (χ1) is 8.61. The fourth-order valence-corrected chi connectivity index (χ4v) is 2.18. The van der Waals surface area contributed by atoms with Crippen LogP contribution in [0.15, 0.2) is 24.3 Å². The Balaban J connectivity index is 2.38. The van der Waals surface area contributed by atoms with Gasteiger partial charge in [-0.25, -0.2) is 4.68 Å². The number of carbonyl (C=O) groups is 2. The zero-order valence-electron chi connectivity index (χ0n) is 10.0. The molecular weight excluding hydrogens is 230 g/mol. The standard InChI is InChI=1S/C13H11N3O2/c1-7(2)16-11-8-5-3-4-6-9(8)12(17)13(18)10(11)14-15-16/h3-7H,1-2H3. The van der Waals surface area contributed by atoms with Crippen molar-refractivity contribution in [2.75, 3.05) is 0 Å². The molecule has 2 aromatic rings. The Labute approximate surface area is 103 Å². The van der Waals surface area contributed by atoms with Crippen LogP contribution in [0.3, 0.4) is 0 Å². The van der Waals surface area contributed by atoms with Crippen LogP contribution in [0.1, 0.15) is 40.7 Å². The molecule has 0 amide bonds. The molecule has 90 valence electrons. The number of ketones is 2. The maximum absolute atomic E-state index is 11.9. The summed E-state index contributed by atoms with van der Waals surface area (Å²) >= 11 is 0. The number of hydrogen-bond donors (Lipinski definition) is 0. The van der Waals surface area contributed by atoms with E-state index in [2.05, 4.69) is 10.3 Å². The Kier molecular flexibility index (Phi) is 2.16. The Morgan fingerprint density at radius 2 is 1.72 bits per heavy atom. The first-order valence-electron chi connectivity index (χ1n) is 5.75. The highest BCUT2D eigenvalue weighted by atomic mass is 16.2. The van der Waals surface area contributed by atoms with Gasteiger partial charge in [0.1, 0.15) is 5.69 Å². The number of Topliss-reactive ketones (excluding diaryl/α,β-unsaturated/α-hetero) is 2. The van der Waals surface area contributed by atoms with Gasteiger partial charge in [0.05, 0.1) is 0 Å². The molecule has 0 saturated carbocycles. The van der Waals surface area contributed by atoms with Gasteiger partial charge in [-0.2, -0.15) is 0 Å². The van der Waals surface area contributed by atoms with Crippen LogP contribution in [-0.2, 0) is 0 Å². The monoisotopic (exact) mass is 241 g/mol. The largest absolute Gasteiger partial charge is 0.285 e. The van der Waals surface area contributed by atoms with E-state index in [0.29, 0.717) is 11.3 Å². The molecule has 0 atom stereocenters. The van der Waals surface area contributed by atoms with E-state index in [1.807, 2.05) is 26.0 Å². The lowest BCUT2D eigenvalue weighted by Crippen LogP contribution is -2.22. The van der Waals surface area contributed by atoms with Crippen molar-refractivity contribution in [3.63, 3.8) is 0 Å². The van der Waals surface area contributed by atoms with Gasteiger partial charge in [-0.05, 0) is 13.8 Å². The molecule has 0 fully saturated rings. The van der Waals surface area contributed by atoms with Crippen molar-refractivity contribution in [2.45, 2.75) is 19.9 Å². The van der Waals surface area contributed by atoms with Crippen molar-refractivity contribution in [1.82, 2.24) is 15.0 Å². The normalized spacial score (nSPS) is 13.7. The predicted molar refractivity (Wildman–Crippen MR) is 64.5 cm³/mol. The average molecular weight is 241 g/mol. The van der Waals surface area contributed by atoms with Gasteiger partial charge in [0, 0.05) is 17.2 Å². The van der Waals surface area contributed by atoms with Crippen molar-refractivity contribution in [3.8, 4) is 11.3 Å². The first-order valence-corrected chi connectivity index (χ1v) is 5.75. The van der Waals surface area contributed by atoms with E-state index < -0.39 is 11.6 Å². The SMILES string of the molecule is CC(C)n1nnc2c1-c1ccccc1C(=O)C2=O. The molecule has 0 radical (unpaired) electrons. The first kappa shape index (κ1) is 10.8. The van der Waals surface area contributed by atoms with Crippen LogP contribution in [0.2, 0.25) is 0 Å². The van der Waals surface area contributed by atoms with Crippen molar-refractivity contribution in [2.24, 2.45) is 0 Å². The van der Waals surface area contributed by atoms with Gasteiger partial charge in [-0.3, -0.25) is 9.59 Å². The van der Waals surface area contributed by atoms with Crippen LogP contribution in [0.4, 0.5) is 0 Å². The third-order valence-electron chi connectivity index (χ3n) is 3.03. The van der Waals surface area contributed by atoms with Gasteiger partial charge in [-0.15, -0.1) is 5.10 Å². The van der Waals surface area contributed by atoms with Crippen molar-refractivity contribution < 1.29 is 9.59 Å². The predicted octanol–water partition coefficient (Wildman–Crippen LogP) is 1.91. The topological polar surface area (TPSA) is 64.8 Å². The van der Waals surface area contributed by atoms with Crippen molar-refractivity contribution >= 4 is 11.6 Å². The zero-order valence-corrected chi connectivity index (χ0v) is 10.0. The highest BCUT2D eigenvalue weighted by molar-refractivity contribution is 6.52. The van der Waals surface area contributed by atoms with Gasteiger partial charge in [0.25, 0.3) is 5.78 Å². The number of aromatic nitrogens is 3. The Morgan fingerprint density at radius 1 is 1.06 bits per heavy atom. The highest BCUT2D eigenvalue weighted by Crippen LogP contribution is 2.33. The van der Waals surface area contributed by atoms with Crippen LogP contribution >= 0.6 is 0 Å². The van der Waals surface area contributed by atoms with E-state index >= 15 is 0 Å². The summed E-state index contributed by atoms with van der Waals surface area (Å²) in [6, 6.07) is 7.15. The summed E-state index contributed by atoms with van der Waals surface area (Å²) in [7, 11) is 0. The van der Waals surface area contributed by atoms with E-state index in [0.717, 1.165) is 5.56 Å². The molecule has 0 saturated heterocycles. The molecule has 5 nitrogen and oxygen atoms in total. The van der Waals surface area contributed by atoms with E-state index in [-0.39, 0.29) is 11.7 Å². The zero-order chi connectivity index (χ0) is 12.9. The summed E-state index contributed by atoms with van der Waals surface area (Å²) in [6.07, 6.45) is 0. The van der Waals surface area contributed by atoms with Crippen LogP contribution in [0.5, 0.6) is 0 Å². The van der Waals surface area contributed by atoms with Crippen LogP contribution in [0, 0.1) is 0 Å². The average Bonchev–Trinajstić information content (AvgIpc) is 2.81. The molecule has 1 heterocycles. The van der Waals surface area contributed by atoms with E-state index in [9.17, 15) is 9.59 Å². The Hall–Kier alpha value is -2.30. The lowest BCUT2D eigenvalue weighted by atomic mass is 9.90. The molecule has 1 aromatic carbocycles. The molecule has 1 aromatic heterocycles. The van der Waals surface area contributed by atoms with E-state index in [1.165, 1.54) is 0 Å². The quantitative estimate of drug-likeness (QED) is 0.715. The molecule has 0 unspecified atom stereocenters. The second-order valence-corrected chi connectivity index (χ2v) is 4.53. The van der Waals surface area contributed by atoms with Crippen LogP contribution < -0.4 is 0 Å². The fourth-order valence-electron chi connectivity index (χ4n) is 2.18. The molecule has 1 aliphatic carbocycles. The van der Waals surface area contributed by atoms with Gasteiger partial charge in [0.15, 0.2) is 5.69 Å². The summed E-state index contributed by atoms with van der Waals surface area (Å²) in [4.78, 5) is 23.9. The second kappa shape index (κ2) is 3.60. The Bertz CT molecular complexity index is 671. The van der Waals surface area contributed by atoms with Gasteiger partial charge in [0.2, 0.25) is 5.78 Å². The molecule has 3 rings (SSSR count). The second-order valence-electron chi connectivity index (χ2n) is 4.53. The van der Waals surface area contributed by atoms with Gasteiger partial charge >= 0.3 is 0 Å². The Morgan fingerprint density at radius 3 is 2.39 bits per heavy atom. The minimum atomic E-state index is -0.574. The number of nitrogens with zero attached hydrogens (tertiary/aromatic N) is 3. The summed E-state index contributed by atoms with van der Waals surface area (Å²) in [5, 5.41) is 7.83. The molecular formula is C13H11N3O2. The molecule has 18 heavy (non-hydrogen) atoms. The molecule has 0 spiro atoms. The maximum Gasteiger partial charge on any atom is 0.256 e. The third-order valence-corrected chi connectivity index (χ3v) is 3.03. The lowest BCUT2D eigenvalue weighted by Gasteiger charge is -2.16. The van der Waals surface area contributed by atoms with E-state index in [4.69, 9.17) is 0 Å². The minimum Gasteiger partial charge on any atom is -0.285 e. The molecule has 0 bridgehead atoms. The fraction of sp³-hybridized carbons (Fsp3) is 0.231. The molecule has 0 aliphatic heterocycles. The number of hydrogen-bond acceptors (Lipinski definition) is 4. The minimum absolute atomic E-state index is 0.0790. The lowest BCUT2D eigenvalue weighted by molar-refractivity contribution is 0.0812. The summed E-state index contributed by atoms with van der Waals surface area (Å²) in [5.74, 6) is -1.08. The molecule has 0 N–H and O–H groups in total. The number of rotatable bonds is 1. The van der Waals surface area contributed by atoms with Crippen LogP contribution in [-0.4, -0.2) is 26.6 Å². The third kappa shape index (κ3) is 1.27. The maximum atomic E-state index is 11.9. The summed E-state index contributed by atoms with van der Waals surface area (Å²) < 4.78 is 1.68. The summed E-state index contributed by atoms with van der Waals surface area (Å²) in [5.41, 5.74) is 1.97. The number of fused-ring (bicyclic) bond motifs is 3. The smallest absolute Gasteiger partial charge is 0.256 e. The van der Waals surface area contributed by atoms with Gasteiger partial charge < -0.3 is 0 Å². The van der Waals surface area contributed by atoms with Crippen LogP contribution in [0.25, 0.3) is 11.3 Å². The van der Waals surface area contributed by atoms with Crippen molar-refractivity contribution in [3.05, 3.63) is 35.5 Å². The molecule has 5 heteroatoms. The van der Waals surface area contributed by atoms with E-state index in [1.54, 1.807) is 16.8 Å².